The second kappa shape index (κ2) is 8.75. The van der Waals surface area contributed by atoms with Gasteiger partial charge in [0, 0.05) is 32.3 Å². The summed E-state index contributed by atoms with van der Waals surface area (Å²) < 4.78 is 40.7. The summed E-state index contributed by atoms with van der Waals surface area (Å²) >= 11 is 6.31. The number of nitrogens with zero attached hydrogens (tertiary/aromatic N) is 5. The minimum absolute atomic E-state index is 0.0499. The molecule has 2 aromatic heterocycles. The van der Waals surface area contributed by atoms with E-state index in [1.807, 2.05) is 13.2 Å². The number of sulfonamides is 1. The van der Waals surface area contributed by atoms with E-state index in [0.717, 1.165) is 18.5 Å². The van der Waals surface area contributed by atoms with E-state index >= 15 is 0 Å². The molecule has 5 heterocycles. The Kier molecular flexibility index (Phi) is 5.97. The predicted molar refractivity (Wildman–Crippen MR) is 119 cm³/mol. The van der Waals surface area contributed by atoms with Crippen LogP contribution in [0.3, 0.4) is 0 Å². The molecule has 0 amide bonds. The van der Waals surface area contributed by atoms with Gasteiger partial charge in [0.1, 0.15) is 11.1 Å². The smallest absolute Gasteiger partial charge is 0.229 e. The Morgan fingerprint density at radius 2 is 1.97 bits per heavy atom. The first-order valence-corrected chi connectivity index (χ1v) is 12.6. The number of aryl methyl sites for hydroxylation is 1. The lowest BCUT2D eigenvalue weighted by Gasteiger charge is -2.21. The Bertz CT molecular complexity index is 1080. The maximum atomic E-state index is 12.7. The molecule has 0 aromatic carbocycles. The van der Waals surface area contributed by atoms with Crippen molar-refractivity contribution in [1.82, 2.24) is 24.1 Å². The van der Waals surface area contributed by atoms with Crippen LogP contribution in [0.4, 0.5) is 17.5 Å². The molecule has 2 aromatic rings. The van der Waals surface area contributed by atoms with E-state index in [4.69, 9.17) is 21.1 Å². The highest BCUT2D eigenvalue weighted by molar-refractivity contribution is 7.89. The van der Waals surface area contributed by atoms with E-state index in [1.165, 1.54) is 6.20 Å². The third-order valence-electron chi connectivity index (χ3n) is 6.07. The highest BCUT2D eigenvalue weighted by Crippen LogP contribution is 2.35. The number of ether oxygens (including phenoxy) is 2. The lowest BCUT2D eigenvalue weighted by molar-refractivity contribution is 0.0655. The van der Waals surface area contributed by atoms with E-state index in [1.54, 1.807) is 15.2 Å². The molecular weight excluding hydrogens is 458 g/mol. The zero-order valence-electron chi connectivity index (χ0n) is 17.6. The van der Waals surface area contributed by atoms with Crippen molar-refractivity contribution in [3.8, 4) is 0 Å². The molecule has 174 valence electrons. The third-order valence-corrected chi connectivity index (χ3v) is 8.34. The van der Waals surface area contributed by atoms with Crippen molar-refractivity contribution in [2.75, 3.05) is 42.7 Å². The van der Waals surface area contributed by atoms with Crippen molar-refractivity contribution < 1.29 is 17.9 Å². The summed E-state index contributed by atoms with van der Waals surface area (Å²) in [6.07, 6.45) is 6.29. The fraction of sp³-hybridized carbons (Fsp3) is 0.632. The van der Waals surface area contributed by atoms with Crippen molar-refractivity contribution in [2.45, 2.75) is 31.1 Å². The van der Waals surface area contributed by atoms with E-state index in [-0.39, 0.29) is 29.9 Å². The number of anilines is 3. The molecule has 13 heteroatoms. The molecule has 4 atom stereocenters. The fourth-order valence-corrected chi connectivity index (χ4v) is 6.50. The number of fused-ring (bicyclic) bond motifs is 1. The van der Waals surface area contributed by atoms with E-state index < -0.39 is 10.0 Å². The van der Waals surface area contributed by atoms with Crippen LogP contribution < -0.4 is 10.6 Å². The fourth-order valence-electron chi connectivity index (χ4n) is 4.51. The summed E-state index contributed by atoms with van der Waals surface area (Å²) in [6.45, 7) is 1.94. The molecule has 3 saturated heterocycles. The maximum Gasteiger partial charge on any atom is 0.229 e. The zero-order chi connectivity index (χ0) is 22.3. The molecule has 3 aliphatic rings. The summed E-state index contributed by atoms with van der Waals surface area (Å²) in [5.41, 5.74) is 0.756. The largest absolute Gasteiger partial charge is 0.373 e. The lowest BCUT2D eigenvalue weighted by atomic mass is 10.0. The van der Waals surface area contributed by atoms with Gasteiger partial charge in [-0.3, -0.25) is 4.68 Å². The first kappa shape index (κ1) is 21.8. The summed E-state index contributed by atoms with van der Waals surface area (Å²) in [6, 6.07) is -0.196. The van der Waals surface area contributed by atoms with Gasteiger partial charge < -0.3 is 20.1 Å². The van der Waals surface area contributed by atoms with E-state index in [2.05, 4.69) is 25.7 Å². The molecule has 4 unspecified atom stereocenters. The second-order valence-corrected chi connectivity index (χ2v) is 10.8. The number of rotatable bonds is 7. The van der Waals surface area contributed by atoms with Gasteiger partial charge in [-0.2, -0.15) is 10.1 Å². The van der Waals surface area contributed by atoms with Crippen molar-refractivity contribution in [2.24, 2.45) is 13.0 Å². The molecule has 32 heavy (non-hydrogen) atoms. The van der Waals surface area contributed by atoms with Gasteiger partial charge in [0.2, 0.25) is 16.0 Å². The zero-order valence-corrected chi connectivity index (χ0v) is 19.2. The van der Waals surface area contributed by atoms with E-state index in [9.17, 15) is 8.42 Å². The van der Waals surface area contributed by atoms with Crippen LogP contribution in [0.25, 0.3) is 0 Å². The molecule has 11 nitrogen and oxygen atoms in total. The van der Waals surface area contributed by atoms with Crippen molar-refractivity contribution in [3.05, 3.63) is 23.6 Å². The SMILES string of the molecule is Cn1cc(Nc2ncc(Cl)c(NC3COC4C(CS(=O)(=O)N5CCCC5)COC34)n2)cn1. The van der Waals surface area contributed by atoms with Gasteiger partial charge in [-0.15, -0.1) is 0 Å². The van der Waals surface area contributed by atoms with Crippen LogP contribution in [-0.4, -0.2) is 82.8 Å². The molecule has 5 rings (SSSR count). The number of aromatic nitrogens is 4. The van der Waals surface area contributed by atoms with Crippen LogP contribution in [-0.2, 0) is 26.5 Å². The third kappa shape index (κ3) is 4.42. The van der Waals surface area contributed by atoms with Crippen LogP contribution in [0.1, 0.15) is 12.8 Å². The van der Waals surface area contributed by atoms with Crippen molar-refractivity contribution in [3.63, 3.8) is 0 Å². The monoisotopic (exact) mass is 483 g/mol. The first-order chi connectivity index (χ1) is 15.4. The molecule has 0 radical (unpaired) electrons. The van der Waals surface area contributed by atoms with Crippen LogP contribution in [0.2, 0.25) is 5.02 Å². The normalized spacial score (nSPS) is 28.2. The molecule has 3 fully saturated rings. The average Bonchev–Trinajstić information content (AvgIpc) is 3.53. The number of hydrogen-bond acceptors (Lipinski definition) is 9. The van der Waals surface area contributed by atoms with Crippen molar-refractivity contribution in [1.29, 1.82) is 0 Å². The first-order valence-electron chi connectivity index (χ1n) is 10.6. The summed E-state index contributed by atoms with van der Waals surface area (Å²) in [4.78, 5) is 8.68. The molecule has 0 saturated carbocycles. The molecule has 3 aliphatic heterocycles. The van der Waals surface area contributed by atoms with Gasteiger partial charge in [0.25, 0.3) is 0 Å². The molecule has 0 bridgehead atoms. The van der Waals surface area contributed by atoms with Gasteiger partial charge in [-0.25, -0.2) is 17.7 Å². The van der Waals surface area contributed by atoms with Crippen LogP contribution in [0.5, 0.6) is 0 Å². The minimum Gasteiger partial charge on any atom is -0.373 e. The minimum atomic E-state index is -3.30. The Labute approximate surface area is 191 Å². The molecule has 2 N–H and O–H groups in total. The Morgan fingerprint density at radius 1 is 1.19 bits per heavy atom. The molecule has 0 aliphatic carbocycles. The number of hydrogen-bond donors (Lipinski definition) is 2. The second-order valence-electron chi connectivity index (χ2n) is 8.41. The van der Waals surface area contributed by atoms with Crippen LogP contribution in [0, 0.1) is 5.92 Å². The number of nitrogens with one attached hydrogen (secondary N) is 2. The molecular formula is C19H26ClN7O4S. The summed E-state index contributed by atoms with van der Waals surface area (Å²) in [5, 5.41) is 10.9. The quantitative estimate of drug-likeness (QED) is 0.598. The van der Waals surface area contributed by atoms with Gasteiger partial charge in [-0.05, 0) is 12.8 Å². The number of halogens is 1. The highest BCUT2D eigenvalue weighted by atomic mass is 35.5. The predicted octanol–water partition coefficient (Wildman–Crippen LogP) is 1.23. The molecule has 0 spiro atoms. The lowest BCUT2D eigenvalue weighted by Crippen LogP contribution is -2.38. The Morgan fingerprint density at radius 3 is 2.72 bits per heavy atom. The highest BCUT2D eigenvalue weighted by Gasteiger charge is 2.49. The maximum absolute atomic E-state index is 12.7. The van der Waals surface area contributed by atoms with Crippen molar-refractivity contribution >= 4 is 39.1 Å². The van der Waals surface area contributed by atoms with Gasteiger partial charge >= 0.3 is 0 Å². The van der Waals surface area contributed by atoms with E-state index in [0.29, 0.717) is 43.1 Å². The summed E-state index contributed by atoms with van der Waals surface area (Å²) in [5.74, 6) is 0.691. The van der Waals surface area contributed by atoms with Crippen LogP contribution in [0.15, 0.2) is 18.6 Å². The standard InChI is InChI=1S/C19H26ClN7O4S/c1-26-8-13(6-22-26)23-19-21-7-14(20)18(25-19)24-15-10-31-16-12(9-30-17(15)16)11-32(28,29)27-4-2-3-5-27/h6-8,12,15-17H,2-5,9-11H2,1H3,(H2,21,23,24,25). The van der Waals surface area contributed by atoms with Gasteiger partial charge in [-0.1, -0.05) is 11.6 Å². The Balaban J connectivity index is 1.24. The van der Waals surface area contributed by atoms with Crippen LogP contribution >= 0.6 is 11.6 Å². The van der Waals surface area contributed by atoms with Gasteiger partial charge in [0.15, 0.2) is 5.82 Å². The van der Waals surface area contributed by atoms with Gasteiger partial charge in [0.05, 0.1) is 49.2 Å². The topological polar surface area (TPSA) is 124 Å². The Hall–Kier alpha value is -1.99. The average molecular weight is 484 g/mol. The summed E-state index contributed by atoms with van der Waals surface area (Å²) in [7, 11) is -1.48.